The number of carbonyl (C=O) groups excluding carboxylic acids is 2. The molecule has 0 saturated carbocycles. The van der Waals surface area contributed by atoms with Gasteiger partial charge in [-0.2, -0.15) is 0 Å². The normalized spacial score (nSPS) is 10.6. The summed E-state index contributed by atoms with van der Waals surface area (Å²) in [5.74, 6) is 0.237. The molecule has 6 nitrogen and oxygen atoms in total. The second-order valence-corrected chi connectivity index (χ2v) is 6.08. The molecule has 0 aliphatic rings. The van der Waals surface area contributed by atoms with E-state index in [1.54, 1.807) is 12.3 Å². The fraction of sp³-hybridized carbons (Fsp3) is 0.389. The van der Waals surface area contributed by atoms with Crippen molar-refractivity contribution in [2.24, 2.45) is 5.73 Å². The lowest BCUT2D eigenvalue weighted by Gasteiger charge is -2.09. The van der Waals surface area contributed by atoms with Gasteiger partial charge in [0, 0.05) is 31.0 Å². The highest BCUT2D eigenvalue weighted by atomic mass is 35.5. The number of ether oxygens (including phenoxy) is 1. The molecule has 2 amide bonds. The van der Waals surface area contributed by atoms with Gasteiger partial charge in [0.2, 0.25) is 11.8 Å². The number of unbranched alkanes of at least 4 members (excludes halogenated alkanes) is 2. The van der Waals surface area contributed by atoms with E-state index in [1.807, 2.05) is 18.2 Å². The van der Waals surface area contributed by atoms with Gasteiger partial charge >= 0.3 is 0 Å². The predicted octanol–water partition coefficient (Wildman–Crippen LogP) is 2.82. The highest BCUT2D eigenvalue weighted by Crippen LogP contribution is 2.29. The predicted molar refractivity (Wildman–Crippen MR) is 97.5 cm³/mol. The van der Waals surface area contributed by atoms with Gasteiger partial charge in [-0.15, -0.1) is 0 Å². The zero-order chi connectivity index (χ0) is 18.1. The zero-order valence-corrected chi connectivity index (χ0v) is 14.7. The summed E-state index contributed by atoms with van der Waals surface area (Å²) >= 11 is 6.16. The van der Waals surface area contributed by atoms with E-state index in [4.69, 9.17) is 22.1 Å². The van der Waals surface area contributed by atoms with Crippen LogP contribution in [0.5, 0.6) is 5.75 Å². The summed E-state index contributed by atoms with van der Waals surface area (Å²) in [6, 6.07) is 7.38. The molecule has 3 N–H and O–H groups in total. The van der Waals surface area contributed by atoms with E-state index < -0.39 is 5.91 Å². The maximum absolute atomic E-state index is 11.5. The fourth-order valence-corrected chi connectivity index (χ4v) is 2.60. The number of benzene rings is 1. The Bertz CT molecular complexity index is 737. The number of nitrogens with two attached hydrogens (primary N) is 1. The SMILES string of the molecule is NC(=O)CCNC(=O)CCCCCOc1ccc(Cl)c2cccnc12. The number of aromatic nitrogens is 1. The molecule has 0 bridgehead atoms. The number of nitrogens with one attached hydrogen (secondary N) is 1. The molecule has 7 heteroatoms. The van der Waals surface area contributed by atoms with Crippen molar-refractivity contribution in [1.29, 1.82) is 0 Å². The molecular formula is C18H22ClN3O3. The minimum Gasteiger partial charge on any atom is -0.491 e. The lowest BCUT2D eigenvalue weighted by Crippen LogP contribution is -2.27. The van der Waals surface area contributed by atoms with E-state index in [-0.39, 0.29) is 12.3 Å². The summed E-state index contributed by atoms with van der Waals surface area (Å²) in [5.41, 5.74) is 5.76. The van der Waals surface area contributed by atoms with E-state index in [2.05, 4.69) is 10.3 Å². The monoisotopic (exact) mass is 363 g/mol. The first-order chi connectivity index (χ1) is 12.1. The Hall–Kier alpha value is -2.34. The molecule has 2 aromatic rings. The molecule has 0 aliphatic heterocycles. The van der Waals surface area contributed by atoms with E-state index >= 15 is 0 Å². The largest absolute Gasteiger partial charge is 0.491 e. The zero-order valence-electron chi connectivity index (χ0n) is 14.0. The summed E-state index contributed by atoms with van der Waals surface area (Å²) in [6.45, 7) is 0.852. The van der Waals surface area contributed by atoms with Gasteiger partial charge in [-0.25, -0.2) is 0 Å². The standard InChI is InChI=1S/C18H22ClN3O3/c19-14-7-8-15(18-13(14)5-4-10-22-18)25-12-3-1-2-6-17(24)21-11-9-16(20)23/h4-5,7-8,10H,1-3,6,9,11-12H2,(H2,20,23)(H,21,24). The van der Waals surface area contributed by atoms with Crippen LogP contribution >= 0.6 is 11.6 Å². The summed E-state index contributed by atoms with van der Waals surface area (Å²) in [4.78, 5) is 26.4. The number of carbonyl (C=O) groups is 2. The van der Waals surface area contributed by atoms with Crippen molar-refractivity contribution in [2.45, 2.75) is 32.1 Å². The van der Waals surface area contributed by atoms with Crippen molar-refractivity contribution in [3.8, 4) is 5.75 Å². The van der Waals surface area contributed by atoms with Crippen LogP contribution in [0.3, 0.4) is 0 Å². The Morgan fingerprint density at radius 1 is 1.16 bits per heavy atom. The summed E-state index contributed by atoms with van der Waals surface area (Å²) in [5, 5.41) is 4.18. The van der Waals surface area contributed by atoms with E-state index in [0.717, 1.165) is 30.2 Å². The Morgan fingerprint density at radius 3 is 2.80 bits per heavy atom. The maximum atomic E-state index is 11.5. The van der Waals surface area contributed by atoms with E-state index in [1.165, 1.54) is 0 Å². The number of hydrogen-bond acceptors (Lipinski definition) is 4. The number of pyridine rings is 1. The summed E-state index contributed by atoms with van der Waals surface area (Å²) in [6.07, 6.45) is 4.80. The topological polar surface area (TPSA) is 94.3 Å². The first-order valence-electron chi connectivity index (χ1n) is 8.29. The minimum absolute atomic E-state index is 0.0601. The van der Waals surface area contributed by atoms with Gasteiger partial charge in [0.1, 0.15) is 11.3 Å². The fourth-order valence-electron chi connectivity index (χ4n) is 2.39. The van der Waals surface area contributed by atoms with Crippen LogP contribution in [0.1, 0.15) is 32.1 Å². The maximum Gasteiger partial charge on any atom is 0.220 e. The highest BCUT2D eigenvalue weighted by molar-refractivity contribution is 6.35. The van der Waals surface area contributed by atoms with Crippen LogP contribution in [0.4, 0.5) is 0 Å². The quantitative estimate of drug-likeness (QED) is 0.634. The molecule has 0 fully saturated rings. The van der Waals surface area contributed by atoms with Crippen LogP contribution in [0.15, 0.2) is 30.5 Å². The van der Waals surface area contributed by atoms with Crippen LogP contribution in [0.2, 0.25) is 5.02 Å². The van der Waals surface area contributed by atoms with Crippen LogP contribution in [-0.2, 0) is 9.59 Å². The Labute approximate surface area is 151 Å². The number of hydrogen-bond donors (Lipinski definition) is 2. The molecule has 0 aliphatic carbocycles. The number of fused-ring (bicyclic) bond motifs is 1. The molecule has 25 heavy (non-hydrogen) atoms. The third kappa shape index (κ3) is 6.23. The average molecular weight is 364 g/mol. The molecular weight excluding hydrogens is 342 g/mol. The molecule has 0 atom stereocenters. The third-order valence-electron chi connectivity index (χ3n) is 3.68. The number of halogens is 1. The Morgan fingerprint density at radius 2 is 2.00 bits per heavy atom. The Kier molecular flexibility index (Phi) is 7.47. The molecule has 0 saturated heterocycles. The third-order valence-corrected chi connectivity index (χ3v) is 4.01. The number of nitrogens with zero attached hydrogens (tertiary/aromatic N) is 1. The molecule has 2 rings (SSSR count). The van der Waals surface area contributed by atoms with Crippen molar-refractivity contribution < 1.29 is 14.3 Å². The van der Waals surface area contributed by atoms with Crippen molar-refractivity contribution in [1.82, 2.24) is 10.3 Å². The highest BCUT2D eigenvalue weighted by Gasteiger charge is 2.07. The molecule has 1 aromatic carbocycles. The molecule has 0 unspecified atom stereocenters. The van der Waals surface area contributed by atoms with Crippen LogP contribution in [0, 0.1) is 0 Å². The van der Waals surface area contributed by atoms with E-state index in [9.17, 15) is 9.59 Å². The van der Waals surface area contributed by atoms with Crippen LogP contribution in [-0.4, -0.2) is 29.9 Å². The first-order valence-corrected chi connectivity index (χ1v) is 8.67. The number of primary amides is 1. The molecule has 0 spiro atoms. The lowest BCUT2D eigenvalue weighted by molar-refractivity contribution is -0.121. The molecule has 1 aromatic heterocycles. The van der Waals surface area contributed by atoms with Gasteiger partial charge < -0.3 is 15.8 Å². The van der Waals surface area contributed by atoms with Crippen LogP contribution in [0.25, 0.3) is 10.9 Å². The minimum atomic E-state index is -0.415. The second-order valence-electron chi connectivity index (χ2n) is 5.67. The molecule has 134 valence electrons. The van der Waals surface area contributed by atoms with Crippen LogP contribution < -0.4 is 15.8 Å². The second kappa shape index (κ2) is 9.84. The number of amides is 2. The van der Waals surface area contributed by atoms with Gasteiger partial charge in [-0.3, -0.25) is 14.6 Å². The first kappa shape index (κ1) is 19.0. The van der Waals surface area contributed by atoms with Crippen molar-refractivity contribution >= 4 is 34.3 Å². The van der Waals surface area contributed by atoms with Crippen molar-refractivity contribution in [2.75, 3.05) is 13.2 Å². The van der Waals surface area contributed by atoms with Gasteiger partial charge in [-0.1, -0.05) is 11.6 Å². The van der Waals surface area contributed by atoms with Gasteiger partial charge in [0.05, 0.1) is 11.6 Å². The van der Waals surface area contributed by atoms with Crippen molar-refractivity contribution in [3.05, 3.63) is 35.5 Å². The van der Waals surface area contributed by atoms with Crippen molar-refractivity contribution in [3.63, 3.8) is 0 Å². The van der Waals surface area contributed by atoms with Gasteiger partial charge in [0.25, 0.3) is 0 Å². The summed E-state index contributed by atoms with van der Waals surface area (Å²) in [7, 11) is 0. The Balaban J connectivity index is 1.66. The average Bonchev–Trinajstić information content (AvgIpc) is 2.59. The number of rotatable bonds is 10. The molecule has 1 heterocycles. The lowest BCUT2D eigenvalue weighted by atomic mass is 10.2. The smallest absolute Gasteiger partial charge is 0.220 e. The summed E-state index contributed by atoms with van der Waals surface area (Å²) < 4.78 is 5.80. The molecule has 0 radical (unpaired) electrons. The van der Waals surface area contributed by atoms with Gasteiger partial charge in [-0.05, 0) is 43.5 Å². The van der Waals surface area contributed by atoms with Gasteiger partial charge in [0.15, 0.2) is 0 Å². The van der Waals surface area contributed by atoms with E-state index in [0.29, 0.717) is 30.3 Å².